The predicted molar refractivity (Wildman–Crippen MR) is 118 cm³/mol. The third kappa shape index (κ3) is 4.34. The molecule has 2 aliphatic rings. The van der Waals surface area contributed by atoms with Crippen molar-refractivity contribution < 1.29 is 14.4 Å². The van der Waals surface area contributed by atoms with Gasteiger partial charge in [-0.05, 0) is 18.6 Å². The standard InChI is InChI=1S/C23H31N5O3/c1-2-3-4-5-6-7-12-23(20(29)26-22(31)27-21(23)30)28(15-13-25-14-16-28)19-10-8-18(17-24)9-11-19/h8-11,25H,2-7,12-16H2,1H3,(H-,26,27,29,30,31)/p+1. The molecule has 2 aliphatic heterocycles. The Labute approximate surface area is 183 Å². The maximum atomic E-state index is 13.4. The van der Waals surface area contributed by atoms with E-state index in [0.29, 0.717) is 38.2 Å². The number of carbonyl (C=O) groups is 3. The van der Waals surface area contributed by atoms with Crippen LogP contribution >= 0.6 is 0 Å². The number of barbiturate groups is 1. The Morgan fingerprint density at radius 1 is 0.935 bits per heavy atom. The lowest BCUT2D eigenvalue weighted by Crippen LogP contribution is -2.83. The fourth-order valence-electron chi connectivity index (χ4n) is 5.00. The minimum Gasteiger partial charge on any atom is -0.306 e. The number of amides is 4. The van der Waals surface area contributed by atoms with E-state index in [1.54, 1.807) is 12.1 Å². The molecule has 3 N–H and O–H groups in total. The van der Waals surface area contributed by atoms with Gasteiger partial charge in [0.1, 0.15) is 5.69 Å². The molecule has 1 aromatic carbocycles. The van der Waals surface area contributed by atoms with Gasteiger partial charge in [0.25, 0.3) is 17.4 Å². The van der Waals surface area contributed by atoms with Crippen LogP contribution in [0.15, 0.2) is 24.3 Å². The van der Waals surface area contributed by atoms with Gasteiger partial charge in [-0.25, -0.2) is 4.79 Å². The Morgan fingerprint density at radius 3 is 2.10 bits per heavy atom. The van der Waals surface area contributed by atoms with E-state index in [9.17, 15) is 19.6 Å². The van der Waals surface area contributed by atoms with Crippen molar-refractivity contribution in [3.05, 3.63) is 29.8 Å². The summed E-state index contributed by atoms with van der Waals surface area (Å²) >= 11 is 0. The van der Waals surface area contributed by atoms with Crippen molar-refractivity contribution in [3.8, 4) is 6.07 Å². The van der Waals surface area contributed by atoms with Crippen LogP contribution in [0.2, 0.25) is 0 Å². The number of quaternary nitrogens is 1. The minimum atomic E-state index is -1.42. The summed E-state index contributed by atoms with van der Waals surface area (Å²) in [5.74, 6) is -1.05. The first-order valence-corrected chi connectivity index (χ1v) is 11.3. The summed E-state index contributed by atoms with van der Waals surface area (Å²) in [5, 5.41) is 17.3. The topological polar surface area (TPSA) is 111 Å². The van der Waals surface area contributed by atoms with E-state index in [4.69, 9.17) is 0 Å². The number of imide groups is 2. The van der Waals surface area contributed by atoms with Crippen molar-refractivity contribution >= 4 is 23.5 Å². The van der Waals surface area contributed by atoms with Gasteiger partial charge in [0.15, 0.2) is 0 Å². The quantitative estimate of drug-likeness (QED) is 0.319. The molecule has 3 rings (SSSR count). The summed E-state index contributed by atoms with van der Waals surface area (Å²) in [6.45, 7) is 4.53. The molecule has 8 heteroatoms. The predicted octanol–water partition coefficient (Wildman–Crippen LogP) is 2.32. The van der Waals surface area contributed by atoms with Crippen LogP contribution in [0.3, 0.4) is 0 Å². The summed E-state index contributed by atoms with van der Waals surface area (Å²) in [7, 11) is 0. The Balaban J connectivity index is 2.01. The molecule has 0 radical (unpaired) electrons. The molecule has 2 fully saturated rings. The van der Waals surface area contributed by atoms with E-state index >= 15 is 0 Å². The number of carbonyl (C=O) groups excluding carboxylic acids is 3. The normalized spacial score (nSPS) is 19.9. The lowest BCUT2D eigenvalue weighted by Gasteiger charge is -2.53. The molecule has 0 unspecified atom stereocenters. The molecule has 0 atom stereocenters. The zero-order valence-electron chi connectivity index (χ0n) is 18.2. The number of urea groups is 1. The highest BCUT2D eigenvalue weighted by atomic mass is 16.2. The van der Waals surface area contributed by atoms with Gasteiger partial charge in [0.2, 0.25) is 0 Å². The molecule has 4 amide bonds. The summed E-state index contributed by atoms with van der Waals surface area (Å²) in [6.07, 6.45) is 6.55. The van der Waals surface area contributed by atoms with Gasteiger partial charge >= 0.3 is 6.03 Å². The van der Waals surface area contributed by atoms with Crippen molar-refractivity contribution in [2.75, 3.05) is 26.2 Å². The molecular weight excluding hydrogens is 394 g/mol. The van der Waals surface area contributed by atoms with E-state index in [-0.39, 0.29) is 4.48 Å². The number of nitriles is 1. The average Bonchev–Trinajstić information content (AvgIpc) is 2.78. The second kappa shape index (κ2) is 10.0. The largest absolute Gasteiger partial charge is 0.328 e. The molecule has 0 spiro atoms. The van der Waals surface area contributed by atoms with Gasteiger partial charge in [-0.15, -0.1) is 0 Å². The maximum Gasteiger partial charge on any atom is 0.328 e. The van der Waals surface area contributed by atoms with Gasteiger partial charge < -0.3 is 5.32 Å². The molecule has 2 heterocycles. The van der Waals surface area contributed by atoms with E-state index < -0.39 is 23.4 Å². The summed E-state index contributed by atoms with van der Waals surface area (Å²) in [4.78, 5) is 38.8. The summed E-state index contributed by atoms with van der Waals surface area (Å²) < 4.78 is 0.144. The highest BCUT2D eigenvalue weighted by Crippen LogP contribution is 2.39. The number of piperazine rings is 1. The number of hydrogen-bond acceptors (Lipinski definition) is 5. The van der Waals surface area contributed by atoms with Crippen LogP contribution in [0, 0.1) is 11.3 Å². The van der Waals surface area contributed by atoms with E-state index in [1.165, 1.54) is 6.42 Å². The van der Waals surface area contributed by atoms with E-state index in [2.05, 4.69) is 28.9 Å². The van der Waals surface area contributed by atoms with Crippen molar-refractivity contribution in [1.29, 1.82) is 5.26 Å². The average molecular weight is 427 g/mol. The number of unbranched alkanes of at least 4 members (excludes halogenated alkanes) is 5. The Kier molecular flexibility index (Phi) is 7.42. The molecular formula is C23H32N5O3+. The van der Waals surface area contributed by atoms with Gasteiger partial charge in [-0.3, -0.25) is 24.7 Å². The SMILES string of the molecule is CCCCCCCCC1([N+]2(c3ccc(C#N)cc3)CCNCC2)C(=O)NC(=O)NC1=O. The van der Waals surface area contributed by atoms with Gasteiger partial charge in [-0.1, -0.05) is 39.0 Å². The first-order chi connectivity index (χ1) is 15.0. The zero-order chi connectivity index (χ0) is 22.3. The minimum absolute atomic E-state index is 0.144. The number of rotatable bonds is 9. The molecule has 2 saturated heterocycles. The molecule has 31 heavy (non-hydrogen) atoms. The fourth-order valence-corrected chi connectivity index (χ4v) is 5.00. The van der Waals surface area contributed by atoms with Crippen LogP contribution in [-0.2, 0) is 9.59 Å². The van der Waals surface area contributed by atoms with Crippen LogP contribution in [0.4, 0.5) is 10.5 Å². The number of nitrogens with zero attached hydrogens (tertiary/aromatic N) is 2. The van der Waals surface area contributed by atoms with Crippen molar-refractivity contribution in [2.24, 2.45) is 0 Å². The van der Waals surface area contributed by atoms with E-state index in [0.717, 1.165) is 37.8 Å². The van der Waals surface area contributed by atoms with Gasteiger partial charge in [-0.2, -0.15) is 5.26 Å². The van der Waals surface area contributed by atoms with E-state index in [1.807, 2.05) is 12.1 Å². The Bertz CT molecular complexity index is 833. The van der Waals surface area contributed by atoms with Crippen LogP contribution in [0.25, 0.3) is 0 Å². The molecule has 0 aromatic heterocycles. The molecule has 166 valence electrons. The van der Waals surface area contributed by atoms with Crippen molar-refractivity contribution in [1.82, 2.24) is 20.4 Å². The van der Waals surface area contributed by atoms with Crippen molar-refractivity contribution in [2.45, 2.75) is 57.4 Å². The Hall–Kier alpha value is -2.76. The van der Waals surface area contributed by atoms with Crippen molar-refractivity contribution in [3.63, 3.8) is 0 Å². The molecule has 8 nitrogen and oxygen atoms in total. The van der Waals surface area contributed by atoms with Crippen LogP contribution in [-0.4, -0.2) is 49.6 Å². The zero-order valence-corrected chi connectivity index (χ0v) is 18.2. The summed E-state index contributed by atoms with van der Waals surface area (Å²) in [6, 6.07) is 8.47. The molecule has 0 bridgehead atoms. The Morgan fingerprint density at radius 2 is 1.52 bits per heavy atom. The van der Waals surface area contributed by atoms with Gasteiger partial charge in [0.05, 0.1) is 24.7 Å². The highest BCUT2D eigenvalue weighted by molar-refractivity contribution is 6.23. The van der Waals surface area contributed by atoms with Gasteiger partial charge in [0, 0.05) is 31.6 Å². The molecule has 1 aromatic rings. The third-order valence-electron chi connectivity index (χ3n) is 6.66. The second-order valence-electron chi connectivity index (χ2n) is 8.44. The monoisotopic (exact) mass is 426 g/mol. The molecule has 0 saturated carbocycles. The smallest absolute Gasteiger partial charge is 0.306 e. The lowest BCUT2D eigenvalue weighted by molar-refractivity contribution is -0.148. The number of hydrogen-bond donors (Lipinski definition) is 3. The highest BCUT2D eigenvalue weighted by Gasteiger charge is 2.65. The van der Waals surface area contributed by atoms with Crippen LogP contribution in [0.5, 0.6) is 0 Å². The number of benzene rings is 1. The fraction of sp³-hybridized carbons (Fsp3) is 0.565. The second-order valence-corrected chi connectivity index (χ2v) is 8.44. The number of nitrogens with one attached hydrogen (secondary N) is 3. The third-order valence-corrected chi connectivity index (χ3v) is 6.66. The molecule has 0 aliphatic carbocycles. The lowest BCUT2D eigenvalue weighted by atomic mass is 9.82. The van der Waals surface area contributed by atoms with Crippen LogP contribution < -0.4 is 20.4 Å². The maximum absolute atomic E-state index is 13.4. The van der Waals surface area contributed by atoms with Crippen LogP contribution in [0.1, 0.15) is 57.4 Å². The first-order valence-electron chi connectivity index (χ1n) is 11.3. The first kappa shape index (κ1) is 22.9. The summed E-state index contributed by atoms with van der Waals surface area (Å²) in [5.41, 5.74) is -0.0876.